The molecule has 0 aliphatic carbocycles. The monoisotopic (exact) mass is 358 g/mol. The lowest BCUT2D eigenvalue weighted by Crippen LogP contribution is -2.33. The van der Waals surface area contributed by atoms with Gasteiger partial charge in [0.05, 0.1) is 7.11 Å². The molecule has 0 heterocycles. The van der Waals surface area contributed by atoms with Crippen LogP contribution in [0.2, 0.25) is 0 Å². The molecule has 26 heavy (non-hydrogen) atoms. The first-order chi connectivity index (χ1) is 12.5. The summed E-state index contributed by atoms with van der Waals surface area (Å²) in [5.74, 6) is 0.0298. The second kappa shape index (κ2) is 9.56. The molecule has 0 aliphatic rings. The van der Waals surface area contributed by atoms with Crippen molar-refractivity contribution in [3.63, 3.8) is 0 Å². The summed E-state index contributed by atoms with van der Waals surface area (Å²) in [6.45, 7) is 2.32. The minimum absolute atomic E-state index is 0.0860. The molecule has 0 aliphatic heterocycles. The van der Waals surface area contributed by atoms with Crippen LogP contribution in [-0.2, 0) is 16.0 Å². The van der Waals surface area contributed by atoms with Gasteiger partial charge in [0, 0.05) is 32.1 Å². The molecule has 0 saturated carbocycles. The van der Waals surface area contributed by atoms with Crippen LogP contribution in [-0.4, -0.2) is 36.9 Å². The Morgan fingerprint density at radius 1 is 1.12 bits per heavy atom. The van der Waals surface area contributed by atoms with E-state index in [2.05, 4.69) is 5.32 Å². The average Bonchev–Trinajstić information content (AvgIpc) is 2.62. The Labute approximate surface area is 152 Å². The summed E-state index contributed by atoms with van der Waals surface area (Å²) in [5, 5.41) is 2.63. The van der Waals surface area contributed by atoms with Crippen LogP contribution >= 0.6 is 0 Å². The van der Waals surface area contributed by atoms with Gasteiger partial charge in [-0.3, -0.25) is 9.59 Å². The number of benzene rings is 2. The number of anilines is 1. The van der Waals surface area contributed by atoms with Crippen LogP contribution in [0.15, 0.2) is 48.5 Å². The van der Waals surface area contributed by atoms with Crippen molar-refractivity contribution in [1.29, 1.82) is 0 Å². The second-order valence-corrected chi connectivity index (χ2v) is 5.91. The highest BCUT2D eigenvalue weighted by molar-refractivity contribution is 5.91. The van der Waals surface area contributed by atoms with E-state index in [1.165, 1.54) is 25.1 Å². The SMILES string of the molecule is COc1ccc(CCN(CCC(=O)Nc2cccc(F)c2)C(C)=O)cc1. The Morgan fingerprint density at radius 3 is 2.46 bits per heavy atom. The fourth-order valence-corrected chi connectivity index (χ4v) is 2.51. The molecule has 0 fully saturated rings. The first-order valence-electron chi connectivity index (χ1n) is 8.42. The van der Waals surface area contributed by atoms with Crippen molar-refractivity contribution < 1.29 is 18.7 Å². The number of nitrogens with one attached hydrogen (secondary N) is 1. The summed E-state index contributed by atoms with van der Waals surface area (Å²) in [7, 11) is 1.61. The molecule has 2 aromatic rings. The molecule has 0 spiro atoms. The molecule has 5 nitrogen and oxygen atoms in total. The largest absolute Gasteiger partial charge is 0.497 e. The maximum Gasteiger partial charge on any atom is 0.226 e. The summed E-state index contributed by atoms with van der Waals surface area (Å²) in [4.78, 5) is 25.5. The molecule has 0 saturated heterocycles. The molecule has 0 aromatic heterocycles. The summed E-state index contributed by atoms with van der Waals surface area (Å²) in [6, 6.07) is 13.4. The van der Waals surface area contributed by atoms with Crippen LogP contribution < -0.4 is 10.1 Å². The minimum Gasteiger partial charge on any atom is -0.497 e. The number of halogens is 1. The zero-order valence-electron chi connectivity index (χ0n) is 15.0. The van der Waals surface area contributed by atoms with Crippen molar-refractivity contribution in [2.24, 2.45) is 0 Å². The van der Waals surface area contributed by atoms with Crippen LogP contribution in [0.1, 0.15) is 18.9 Å². The zero-order valence-corrected chi connectivity index (χ0v) is 15.0. The number of hydrogen-bond acceptors (Lipinski definition) is 3. The quantitative estimate of drug-likeness (QED) is 0.788. The number of carbonyl (C=O) groups is 2. The number of ether oxygens (including phenoxy) is 1. The first kappa shape index (κ1) is 19.4. The van der Waals surface area contributed by atoms with Crippen molar-refractivity contribution in [3.8, 4) is 5.75 Å². The van der Waals surface area contributed by atoms with E-state index < -0.39 is 5.82 Å². The van der Waals surface area contributed by atoms with Gasteiger partial charge in [0.25, 0.3) is 0 Å². The minimum atomic E-state index is -0.410. The fourth-order valence-electron chi connectivity index (χ4n) is 2.51. The topological polar surface area (TPSA) is 58.6 Å². The van der Waals surface area contributed by atoms with Crippen molar-refractivity contribution in [2.75, 3.05) is 25.5 Å². The molecule has 2 aromatic carbocycles. The van der Waals surface area contributed by atoms with Gasteiger partial charge in [-0.05, 0) is 42.3 Å². The van der Waals surface area contributed by atoms with Gasteiger partial charge >= 0.3 is 0 Å². The number of methoxy groups -OCH3 is 1. The van der Waals surface area contributed by atoms with Crippen molar-refractivity contribution >= 4 is 17.5 Å². The van der Waals surface area contributed by atoms with E-state index in [4.69, 9.17) is 4.74 Å². The second-order valence-electron chi connectivity index (χ2n) is 5.91. The maximum atomic E-state index is 13.1. The van der Waals surface area contributed by atoms with Crippen molar-refractivity contribution in [3.05, 3.63) is 59.9 Å². The summed E-state index contributed by atoms with van der Waals surface area (Å²) < 4.78 is 18.3. The molecule has 2 amide bonds. The van der Waals surface area contributed by atoms with Crippen LogP contribution in [0.25, 0.3) is 0 Å². The normalized spacial score (nSPS) is 10.3. The fraction of sp³-hybridized carbons (Fsp3) is 0.300. The van der Waals surface area contributed by atoms with Gasteiger partial charge in [-0.2, -0.15) is 0 Å². The predicted molar refractivity (Wildman–Crippen MR) is 98.6 cm³/mol. The van der Waals surface area contributed by atoms with Gasteiger partial charge < -0.3 is 15.0 Å². The molecule has 0 bridgehead atoms. The average molecular weight is 358 g/mol. The Kier molecular flexibility index (Phi) is 7.14. The van der Waals surface area contributed by atoms with E-state index in [1.807, 2.05) is 24.3 Å². The number of rotatable bonds is 8. The van der Waals surface area contributed by atoms with Gasteiger partial charge in [-0.1, -0.05) is 18.2 Å². The molecule has 1 N–H and O–H groups in total. The summed E-state index contributed by atoms with van der Waals surface area (Å²) >= 11 is 0. The first-order valence-corrected chi connectivity index (χ1v) is 8.42. The van der Waals surface area contributed by atoms with Gasteiger partial charge in [0.15, 0.2) is 0 Å². The number of nitrogens with zero attached hydrogens (tertiary/aromatic N) is 1. The summed E-state index contributed by atoms with van der Waals surface area (Å²) in [5.41, 5.74) is 1.49. The highest BCUT2D eigenvalue weighted by atomic mass is 19.1. The van der Waals surface area contributed by atoms with Gasteiger partial charge in [-0.25, -0.2) is 4.39 Å². The summed E-state index contributed by atoms with van der Waals surface area (Å²) in [6.07, 6.45) is 0.841. The lowest BCUT2D eigenvalue weighted by Gasteiger charge is -2.21. The van der Waals surface area contributed by atoms with Crippen LogP contribution in [0, 0.1) is 5.82 Å². The molecule has 0 radical (unpaired) electrons. The lowest BCUT2D eigenvalue weighted by atomic mass is 10.1. The molecule has 2 rings (SSSR count). The van der Waals surface area contributed by atoms with E-state index in [9.17, 15) is 14.0 Å². The highest BCUT2D eigenvalue weighted by Gasteiger charge is 2.12. The van der Waals surface area contributed by atoms with E-state index in [0.29, 0.717) is 25.2 Å². The van der Waals surface area contributed by atoms with Gasteiger partial charge in [0.1, 0.15) is 11.6 Å². The van der Waals surface area contributed by atoms with Crippen LogP contribution in [0.3, 0.4) is 0 Å². The molecule has 0 unspecified atom stereocenters. The van der Waals surface area contributed by atoms with Gasteiger partial charge in [0.2, 0.25) is 11.8 Å². The third-order valence-electron chi connectivity index (χ3n) is 3.99. The third kappa shape index (κ3) is 6.20. The third-order valence-corrected chi connectivity index (χ3v) is 3.99. The molecular weight excluding hydrogens is 335 g/mol. The Hall–Kier alpha value is -2.89. The Morgan fingerprint density at radius 2 is 1.85 bits per heavy atom. The molecule has 138 valence electrons. The zero-order chi connectivity index (χ0) is 18.9. The number of amides is 2. The van der Waals surface area contributed by atoms with E-state index in [0.717, 1.165) is 11.3 Å². The maximum absolute atomic E-state index is 13.1. The smallest absolute Gasteiger partial charge is 0.226 e. The standard InChI is InChI=1S/C20H23FN2O3/c1-15(24)23(12-10-16-6-8-19(26-2)9-7-16)13-11-20(25)22-18-5-3-4-17(21)14-18/h3-9,14H,10-13H2,1-2H3,(H,22,25). The van der Waals surface area contributed by atoms with E-state index in [-0.39, 0.29) is 18.2 Å². The highest BCUT2D eigenvalue weighted by Crippen LogP contribution is 2.13. The van der Waals surface area contributed by atoms with Crippen LogP contribution in [0.4, 0.5) is 10.1 Å². The molecular formula is C20H23FN2O3. The van der Waals surface area contributed by atoms with Crippen molar-refractivity contribution in [2.45, 2.75) is 19.8 Å². The van der Waals surface area contributed by atoms with E-state index in [1.54, 1.807) is 18.1 Å². The lowest BCUT2D eigenvalue weighted by molar-refractivity contribution is -0.129. The van der Waals surface area contributed by atoms with Gasteiger partial charge in [-0.15, -0.1) is 0 Å². The van der Waals surface area contributed by atoms with Crippen molar-refractivity contribution in [1.82, 2.24) is 4.90 Å². The number of hydrogen-bond donors (Lipinski definition) is 1. The predicted octanol–water partition coefficient (Wildman–Crippen LogP) is 3.25. The van der Waals surface area contributed by atoms with E-state index >= 15 is 0 Å². The Bertz CT molecular complexity index is 747. The number of carbonyl (C=O) groups excluding carboxylic acids is 2. The Balaban J connectivity index is 1.83. The molecule has 0 atom stereocenters. The van der Waals surface area contributed by atoms with Crippen LogP contribution in [0.5, 0.6) is 5.75 Å². The molecule has 6 heteroatoms.